The van der Waals surface area contributed by atoms with E-state index in [1.165, 1.54) is 24.0 Å². The van der Waals surface area contributed by atoms with E-state index in [9.17, 15) is 0 Å². The first-order valence-corrected chi connectivity index (χ1v) is 6.32. The first kappa shape index (κ1) is 11.3. The van der Waals surface area contributed by atoms with Crippen LogP contribution in [0.3, 0.4) is 0 Å². The number of aromatic nitrogens is 2. The summed E-state index contributed by atoms with van der Waals surface area (Å²) in [6.45, 7) is 4.51. The van der Waals surface area contributed by atoms with Gasteiger partial charge < -0.3 is 9.73 Å². The van der Waals surface area contributed by atoms with Crippen LogP contribution in [0.2, 0.25) is 0 Å². The van der Waals surface area contributed by atoms with Crippen LogP contribution in [0.15, 0.2) is 35.7 Å². The van der Waals surface area contributed by atoms with Gasteiger partial charge in [-0.05, 0) is 18.9 Å². The van der Waals surface area contributed by atoms with Crippen molar-refractivity contribution in [1.82, 2.24) is 15.1 Å². The van der Waals surface area contributed by atoms with Crippen LogP contribution < -0.4 is 5.32 Å². The second-order valence-electron chi connectivity index (χ2n) is 4.64. The fourth-order valence-electron chi connectivity index (χ4n) is 2.51. The van der Waals surface area contributed by atoms with Crippen LogP contribution in [0.4, 0.5) is 0 Å². The van der Waals surface area contributed by atoms with Gasteiger partial charge in [0.15, 0.2) is 0 Å². The van der Waals surface area contributed by atoms with Crippen molar-refractivity contribution in [2.45, 2.75) is 31.8 Å². The molecule has 2 aromatic rings. The van der Waals surface area contributed by atoms with Gasteiger partial charge >= 0.3 is 0 Å². The summed E-state index contributed by atoms with van der Waals surface area (Å²) >= 11 is 0. The smallest absolute Gasteiger partial charge is 0.108 e. The molecule has 0 spiro atoms. The summed E-state index contributed by atoms with van der Waals surface area (Å²) in [5, 5.41) is 7.74. The summed E-state index contributed by atoms with van der Waals surface area (Å²) in [4.78, 5) is 0. The van der Waals surface area contributed by atoms with Gasteiger partial charge in [-0.25, -0.2) is 4.68 Å². The molecule has 1 aliphatic carbocycles. The Kier molecular flexibility index (Phi) is 3.02. The second-order valence-corrected chi connectivity index (χ2v) is 4.64. The number of nitrogens with zero attached hydrogens (tertiary/aromatic N) is 2. The Labute approximate surface area is 106 Å². The lowest BCUT2D eigenvalue weighted by atomic mass is 9.93. The molecule has 0 aliphatic heterocycles. The molecule has 4 heteroatoms. The maximum Gasteiger partial charge on any atom is 0.108 e. The molecule has 0 amide bonds. The molecule has 0 bridgehead atoms. The van der Waals surface area contributed by atoms with Crippen molar-refractivity contribution in [3.63, 3.8) is 0 Å². The molecule has 0 fully saturated rings. The highest BCUT2D eigenvalue weighted by Gasteiger charge is 2.21. The van der Waals surface area contributed by atoms with E-state index in [4.69, 9.17) is 4.42 Å². The van der Waals surface area contributed by atoms with Crippen molar-refractivity contribution in [3.8, 4) is 0 Å². The number of furan rings is 1. The minimum Gasteiger partial charge on any atom is -0.469 e. The van der Waals surface area contributed by atoms with Gasteiger partial charge in [0, 0.05) is 42.5 Å². The maximum atomic E-state index is 5.49. The van der Waals surface area contributed by atoms with Crippen molar-refractivity contribution in [3.05, 3.63) is 48.2 Å². The van der Waals surface area contributed by atoms with Crippen molar-refractivity contribution in [2.75, 3.05) is 0 Å². The van der Waals surface area contributed by atoms with Crippen molar-refractivity contribution < 1.29 is 4.42 Å². The van der Waals surface area contributed by atoms with Crippen LogP contribution in [0.25, 0.3) is 6.20 Å². The standard InChI is InChI=1S/C14H17N3O/c1-2-17-10-11(9-16-17)8-15-13-4-3-5-14-12(13)6-7-18-14/h2,6-7,9-10,13,15H,1,3-5,8H2. The van der Waals surface area contributed by atoms with E-state index in [2.05, 4.69) is 23.1 Å². The summed E-state index contributed by atoms with van der Waals surface area (Å²) in [7, 11) is 0. The van der Waals surface area contributed by atoms with E-state index in [-0.39, 0.29) is 0 Å². The minimum absolute atomic E-state index is 0.402. The Bertz CT molecular complexity index is 541. The minimum atomic E-state index is 0.402. The third-order valence-corrected chi connectivity index (χ3v) is 3.45. The fraction of sp³-hybridized carbons (Fsp3) is 0.357. The second kappa shape index (κ2) is 4.82. The van der Waals surface area contributed by atoms with E-state index in [0.29, 0.717) is 6.04 Å². The summed E-state index contributed by atoms with van der Waals surface area (Å²) in [5.41, 5.74) is 2.49. The molecule has 94 valence electrons. The van der Waals surface area contributed by atoms with Gasteiger partial charge in [0.25, 0.3) is 0 Å². The van der Waals surface area contributed by atoms with E-state index >= 15 is 0 Å². The van der Waals surface area contributed by atoms with Crippen molar-refractivity contribution in [1.29, 1.82) is 0 Å². The van der Waals surface area contributed by atoms with E-state index in [0.717, 1.165) is 18.7 Å². The molecule has 2 aromatic heterocycles. The predicted molar refractivity (Wildman–Crippen MR) is 69.8 cm³/mol. The Morgan fingerprint density at radius 3 is 3.39 bits per heavy atom. The molecule has 1 aliphatic rings. The van der Waals surface area contributed by atoms with Crippen LogP contribution in [-0.2, 0) is 13.0 Å². The molecule has 18 heavy (non-hydrogen) atoms. The quantitative estimate of drug-likeness (QED) is 0.897. The molecular weight excluding hydrogens is 226 g/mol. The molecule has 3 rings (SSSR count). The van der Waals surface area contributed by atoms with Gasteiger partial charge in [-0.1, -0.05) is 6.58 Å². The maximum absolute atomic E-state index is 5.49. The molecule has 4 nitrogen and oxygen atoms in total. The summed E-state index contributed by atoms with van der Waals surface area (Å²) < 4.78 is 7.21. The summed E-state index contributed by atoms with van der Waals surface area (Å²) in [6.07, 6.45) is 10.8. The third kappa shape index (κ3) is 2.11. The van der Waals surface area contributed by atoms with Gasteiger partial charge in [-0.2, -0.15) is 5.10 Å². The van der Waals surface area contributed by atoms with Gasteiger partial charge in [-0.3, -0.25) is 0 Å². The zero-order valence-electron chi connectivity index (χ0n) is 10.3. The topological polar surface area (TPSA) is 43.0 Å². The van der Waals surface area contributed by atoms with Gasteiger partial charge in [0.2, 0.25) is 0 Å². The molecule has 1 N–H and O–H groups in total. The monoisotopic (exact) mass is 243 g/mol. The Balaban J connectivity index is 1.66. The Hall–Kier alpha value is -1.81. The highest BCUT2D eigenvalue weighted by Crippen LogP contribution is 2.30. The normalized spacial score (nSPS) is 18.6. The summed E-state index contributed by atoms with van der Waals surface area (Å²) in [5.74, 6) is 1.14. The van der Waals surface area contributed by atoms with Crippen LogP contribution >= 0.6 is 0 Å². The first-order valence-electron chi connectivity index (χ1n) is 6.32. The number of fused-ring (bicyclic) bond motifs is 1. The number of aryl methyl sites for hydroxylation is 1. The highest BCUT2D eigenvalue weighted by atomic mass is 16.3. The van der Waals surface area contributed by atoms with E-state index < -0.39 is 0 Å². The number of rotatable bonds is 4. The van der Waals surface area contributed by atoms with E-state index in [1.54, 1.807) is 17.1 Å². The third-order valence-electron chi connectivity index (χ3n) is 3.45. The number of nitrogens with one attached hydrogen (secondary N) is 1. The largest absolute Gasteiger partial charge is 0.469 e. The van der Waals surface area contributed by atoms with Crippen LogP contribution in [0, 0.1) is 0 Å². The van der Waals surface area contributed by atoms with Crippen LogP contribution in [-0.4, -0.2) is 9.78 Å². The molecule has 1 unspecified atom stereocenters. The van der Waals surface area contributed by atoms with E-state index in [1.807, 2.05) is 12.4 Å². The Morgan fingerprint density at radius 1 is 1.61 bits per heavy atom. The lowest BCUT2D eigenvalue weighted by Gasteiger charge is -2.22. The lowest BCUT2D eigenvalue weighted by molar-refractivity contribution is 0.411. The zero-order valence-corrected chi connectivity index (χ0v) is 10.3. The van der Waals surface area contributed by atoms with Gasteiger partial charge in [0.05, 0.1) is 12.5 Å². The van der Waals surface area contributed by atoms with Crippen LogP contribution in [0.1, 0.15) is 35.8 Å². The average Bonchev–Trinajstić information content (AvgIpc) is 3.05. The highest BCUT2D eigenvalue weighted by molar-refractivity contribution is 5.24. The number of hydrogen-bond acceptors (Lipinski definition) is 3. The molecule has 0 aromatic carbocycles. The SMILES string of the molecule is C=Cn1cc(CNC2CCCc3occc32)cn1. The van der Waals surface area contributed by atoms with Gasteiger partial charge in [-0.15, -0.1) is 0 Å². The average molecular weight is 243 g/mol. The first-order chi connectivity index (χ1) is 8.86. The molecule has 0 radical (unpaired) electrons. The molecule has 2 heterocycles. The summed E-state index contributed by atoms with van der Waals surface area (Å²) in [6, 6.07) is 2.49. The Morgan fingerprint density at radius 2 is 2.56 bits per heavy atom. The lowest BCUT2D eigenvalue weighted by Crippen LogP contribution is -2.23. The molecular formula is C14H17N3O. The predicted octanol–water partition coefficient (Wildman–Crippen LogP) is 2.74. The molecule has 0 saturated heterocycles. The van der Waals surface area contributed by atoms with Crippen LogP contribution in [0.5, 0.6) is 0 Å². The fourth-order valence-corrected chi connectivity index (χ4v) is 2.51. The molecule has 1 atom stereocenters. The molecule has 0 saturated carbocycles. The van der Waals surface area contributed by atoms with Crippen molar-refractivity contribution in [2.24, 2.45) is 0 Å². The van der Waals surface area contributed by atoms with Gasteiger partial charge in [0.1, 0.15) is 5.76 Å². The zero-order chi connectivity index (χ0) is 12.4. The van der Waals surface area contributed by atoms with Crippen molar-refractivity contribution >= 4 is 6.20 Å². The number of hydrogen-bond donors (Lipinski definition) is 1.